The van der Waals surface area contributed by atoms with Crippen molar-refractivity contribution in [2.75, 3.05) is 32.3 Å². The summed E-state index contributed by atoms with van der Waals surface area (Å²) in [5, 5.41) is 4.60. The number of carbonyl (C=O) groups excluding carboxylic acids is 1. The predicted molar refractivity (Wildman–Crippen MR) is 147 cm³/mol. The van der Waals surface area contributed by atoms with Gasteiger partial charge in [0, 0.05) is 38.6 Å². The van der Waals surface area contributed by atoms with Crippen molar-refractivity contribution < 1.29 is 28.5 Å². The summed E-state index contributed by atoms with van der Waals surface area (Å²) in [6, 6.07) is 15.4. The van der Waals surface area contributed by atoms with Gasteiger partial charge in [0.25, 0.3) is 0 Å². The van der Waals surface area contributed by atoms with Crippen LogP contribution in [0.1, 0.15) is 19.4 Å². The summed E-state index contributed by atoms with van der Waals surface area (Å²) in [4.78, 5) is 19.3. The maximum Gasteiger partial charge on any atom is 0.416 e. The molecule has 0 aliphatic carbocycles. The van der Waals surface area contributed by atoms with Gasteiger partial charge in [0.2, 0.25) is 6.29 Å². The molecule has 10 nitrogen and oxygen atoms in total. The van der Waals surface area contributed by atoms with Gasteiger partial charge in [0.15, 0.2) is 5.82 Å². The molecule has 4 rings (SSSR count). The first kappa shape index (κ1) is 28.4. The molecule has 0 N–H and O–H groups in total. The predicted octanol–water partition coefficient (Wildman–Crippen LogP) is 4.55. The fraction of sp³-hybridized carbons (Fsp3) is 0.414. The Hall–Kier alpha value is -3.57. The quantitative estimate of drug-likeness (QED) is 0.348. The summed E-state index contributed by atoms with van der Waals surface area (Å²) in [7, 11) is 3.12. The molecule has 5 atom stereocenters. The third-order valence-corrected chi connectivity index (χ3v) is 6.61. The van der Waals surface area contributed by atoms with Gasteiger partial charge in [-0.2, -0.15) is 0 Å². The Labute approximate surface area is 229 Å². The van der Waals surface area contributed by atoms with E-state index in [1.165, 1.54) is 17.6 Å². The molecule has 2 aromatic carbocycles. The van der Waals surface area contributed by atoms with Crippen LogP contribution in [0.25, 0.3) is 17.1 Å². The van der Waals surface area contributed by atoms with Gasteiger partial charge in [-0.25, -0.2) is 14.5 Å². The van der Waals surface area contributed by atoms with E-state index in [1.807, 2.05) is 69.3 Å². The molecule has 0 radical (unpaired) electrons. The van der Waals surface area contributed by atoms with Crippen molar-refractivity contribution >= 4 is 11.8 Å². The van der Waals surface area contributed by atoms with Crippen LogP contribution in [0.3, 0.4) is 0 Å². The van der Waals surface area contributed by atoms with Crippen LogP contribution >= 0.6 is 0 Å². The second-order valence-corrected chi connectivity index (χ2v) is 9.21. The van der Waals surface area contributed by atoms with Gasteiger partial charge in [-0.05, 0) is 57.2 Å². The lowest BCUT2D eigenvalue weighted by Crippen LogP contribution is -2.60. The van der Waals surface area contributed by atoms with E-state index in [2.05, 4.69) is 16.7 Å². The number of hydrogen-bond donors (Lipinski definition) is 0. The summed E-state index contributed by atoms with van der Waals surface area (Å²) in [5.41, 5.74) is 3.53. The third kappa shape index (κ3) is 6.36. The number of carbonyl (C=O) groups is 1. The first-order valence-electron chi connectivity index (χ1n) is 12.9. The van der Waals surface area contributed by atoms with Crippen LogP contribution < -0.4 is 4.90 Å². The molecule has 0 saturated carbocycles. The first-order chi connectivity index (χ1) is 18.9. The molecule has 2 heterocycles. The zero-order valence-corrected chi connectivity index (χ0v) is 23.0. The van der Waals surface area contributed by atoms with Crippen molar-refractivity contribution in [1.82, 2.24) is 14.8 Å². The Kier molecular flexibility index (Phi) is 9.47. The molecular formula is C29H36N4O6. The van der Waals surface area contributed by atoms with Gasteiger partial charge in [-0.1, -0.05) is 23.8 Å². The Morgan fingerprint density at radius 3 is 2.38 bits per heavy atom. The highest BCUT2D eigenvalue weighted by atomic mass is 16.7. The zero-order chi connectivity index (χ0) is 27.9. The Morgan fingerprint density at radius 1 is 1.08 bits per heavy atom. The van der Waals surface area contributed by atoms with Crippen molar-refractivity contribution in [2.24, 2.45) is 0 Å². The molecule has 1 saturated heterocycles. The summed E-state index contributed by atoms with van der Waals surface area (Å²) in [6.07, 6.45) is -0.168. The fourth-order valence-electron chi connectivity index (χ4n) is 4.61. The minimum Gasteiger partial charge on any atom is -0.416 e. The minimum absolute atomic E-state index is 0.230. The van der Waals surface area contributed by atoms with Gasteiger partial charge < -0.3 is 23.7 Å². The second kappa shape index (κ2) is 13.0. The van der Waals surface area contributed by atoms with Crippen molar-refractivity contribution in [1.29, 1.82) is 0 Å². The summed E-state index contributed by atoms with van der Waals surface area (Å²) in [6.45, 7) is 10.2. The van der Waals surface area contributed by atoms with Gasteiger partial charge in [-0.3, -0.25) is 4.90 Å². The average Bonchev–Trinajstić information content (AvgIpc) is 3.43. The van der Waals surface area contributed by atoms with Gasteiger partial charge in [-0.15, -0.1) is 11.7 Å². The number of aryl methyl sites for hydroxylation is 1. The molecular weight excluding hydrogens is 500 g/mol. The number of rotatable bonds is 10. The van der Waals surface area contributed by atoms with Crippen LogP contribution in [0.4, 0.5) is 10.5 Å². The third-order valence-electron chi connectivity index (χ3n) is 6.61. The van der Waals surface area contributed by atoms with Crippen LogP contribution in [0, 0.1) is 6.92 Å². The highest BCUT2D eigenvalue weighted by Crippen LogP contribution is 2.29. The van der Waals surface area contributed by atoms with E-state index in [9.17, 15) is 4.79 Å². The number of amides is 1. The summed E-state index contributed by atoms with van der Waals surface area (Å²) in [5.74, 6) is 0.571. The van der Waals surface area contributed by atoms with Crippen LogP contribution in [0.2, 0.25) is 0 Å². The number of nitrogens with zero attached hydrogens (tertiary/aromatic N) is 4. The Morgan fingerprint density at radius 2 is 1.77 bits per heavy atom. The summed E-state index contributed by atoms with van der Waals surface area (Å²) < 4.78 is 30.6. The Bertz CT molecular complexity index is 1230. The maximum absolute atomic E-state index is 13.3. The molecule has 10 heteroatoms. The van der Waals surface area contributed by atoms with Crippen molar-refractivity contribution in [3.05, 3.63) is 73.1 Å². The number of ether oxygens (including phenoxy) is 5. The smallest absolute Gasteiger partial charge is 0.416 e. The molecule has 1 fully saturated rings. The molecule has 1 aromatic heterocycles. The zero-order valence-electron chi connectivity index (χ0n) is 23.0. The minimum atomic E-state index is -0.984. The molecule has 208 valence electrons. The van der Waals surface area contributed by atoms with Crippen LogP contribution in [0.5, 0.6) is 0 Å². The van der Waals surface area contributed by atoms with Gasteiger partial charge >= 0.3 is 6.09 Å². The number of hydrogen-bond acceptors (Lipinski definition) is 8. The topological polar surface area (TPSA) is 97.2 Å². The lowest BCUT2D eigenvalue weighted by atomic mass is 9.99. The van der Waals surface area contributed by atoms with Crippen molar-refractivity contribution in [3.63, 3.8) is 0 Å². The van der Waals surface area contributed by atoms with E-state index >= 15 is 0 Å². The average molecular weight is 537 g/mol. The van der Waals surface area contributed by atoms with Crippen LogP contribution in [-0.4, -0.2) is 78.9 Å². The highest BCUT2D eigenvalue weighted by Gasteiger charge is 2.47. The number of benzene rings is 2. The summed E-state index contributed by atoms with van der Waals surface area (Å²) >= 11 is 0. The molecule has 1 amide bonds. The molecule has 0 unspecified atom stereocenters. The second-order valence-electron chi connectivity index (χ2n) is 9.21. The normalized spacial score (nSPS) is 22.8. The molecule has 3 aromatic rings. The lowest BCUT2D eigenvalue weighted by Gasteiger charge is -2.43. The number of methoxy groups -OCH3 is 2. The Balaban J connectivity index is 1.50. The van der Waals surface area contributed by atoms with E-state index < -0.39 is 24.6 Å². The van der Waals surface area contributed by atoms with Gasteiger partial charge in [0.05, 0.1) is 11.8 Å². The number of anilines is 1. The highest BCUT2D eigenvalue weighted by molar-refractivity contribution is 5.88. The van der Waals surface area contributed by atoms with E-state index in [-0.39, 0.29) is 18.8 Å². The van der Waals surface area contributed by atoms with E-state index in [0.717, 1.165) is 11.3 Å². The van der Waals surface area contributed by atoms with Crippen LogP contribution in [0.15, 0.2) is 67.5 Å². The molecule has 0 spiro atoms. The SMILES string of the molecule is C=CCN(C(=O)O[C@@H]1O[C@@H](C)[C@H](OC)[C@@H](OCC)[C@H]1OC)c1ccc(-c2ncn(-c3ccc(C)cc3)n2)cc1. The van der Waals surface area contributed by atoms with E-state index in [0.29, 0.717) is 18.1 Å². The van der Waals surface area contributed by atoms with Gasteiger partial charge in [0.1, 0.15) is 24.6 Å². The molecule has 1 aliphatic rings. The van der Waals surface area contributed by atoms with Crippen molar-refractivity contribution in [2.45, 2.75) is 51.5 Å². The fourth-order valence-corrected chi connectivity index (χ4v) is 4.61. The standard InChI is InChI=1S/C29H36N4O6/c1-7-17-32(29(34)39-28-26(36-6)25(37-8-2)24(35-5)20(4)38-28)22-15-11-21(12-16-22)27-30-18-33(31-27)23-13-9-19(3)10-14-23/h7,9-16,18,20,24-26,28H,1,8,17H2,2-6H3/t20-,24-,25+,26+,28-/m0/s1. The maximum atomic E-state index is 13.3. The molecule has 39 heavy (non-hydrogen) atoms. The van der Waals surface area contributed by atoms with Crippen molar-refractivity contribution in [3.8, 4) is 17.1 Å². The number of aromatic nitrogens is 3. The molecule has 0 bridgehead atoms. The largest absolute Gasteiger partial charge is 0.416 e. The first-order valence-corrected chi connectivity index (χ1v) is 12.9. The molecule has 1 aliphatic heterocycles. The lowest BCUT2D eigenvalue weighted by molar-refractivity contribution is -0.292. The van der Waals surface area contributed by atoms with E-state index in [1.54, 1.807) is 24.2 Å². The van der Waals surface area contributed by atoms with Crippen LogP contribution in [-0.2, 0) is 23.7 Å². The van der Waals surface area contributed by atoms with E-state index in [4.69, 9.17) is 23.7 Å². The monoisotopic (exact) mass is 536 g/mol.